The van der Waals surface area contributed by atoms with Gasteiger partial charge in [0.2, 0.25) is 5.91 Å². The van der Waals surface area contributed by atoms with Gasteiger partial charge in [0.05, 0.1) is 25.5 Å². The molecule has 0 radical (unpaired) electrons. The quantitative estimate of drug-likeness (QED) is 0.373. The summed E-state index contributed by atoms with van der Waals surface area (Å²) in [6.45, 7) is 1.23. The number of rotatable bonds is 8. The number of ether oxygens (including phenoxy) is 2. The minimum absolute atomic E-state index is 0.00989. The number of methoxy groups -OCH3 is 1. The van der Waals surface area contributed by atoms with Crippen molar-refractivity contribution in [2.75, 3.05) is 19.5 Å². The Bertz CT molecular complexity index is 1130. The molecule has 4 rings (SSSR count). The van der Waals surface area contributed by atoms with Crippen molar-refractivity contribution in [3.63, 3.8) is 0 Å². The Morgan fingerprint density at radius 3 is 2.59 bits per heavy atom. The fourth-order valence-corrected chi connectivity index (χ4v) is 4.22. The second-order valence-corrected chi connectivity index (χ2v) is 8.52. The molecule has 3 aromatic rings. The highest BCUT2D eigenvalue weighted by atomic mass is 32.2. The second kappa shape index (κ2) is 11.1. The SMILES string of the molecule is COc1ccc(C(=O)NNC(=O)CSc2nnc(-c3ccc(F)cc3)n2C[C@@H]2CCCO2)cc1. The smallest absolute Gasteiger partial charge is 0.269 e. The summed E-state index contributed by atoms with van der Waals surface area (Å²) in [6.07, 6.45) is 1.92. The van der Waals surface area contributed by atoms with E-state index in [1.807, 2.05) is 4.57 Å². The highest BCUT2D eigenvalue weighted by molar-refractivity contribution is 7.99. The van der Waals surface area contributed by atoms with Crippen LogP contribution < -0.4 is 15.6 Å². The molecule has 1 atom stereocenters. The lowest BCUT2D eigenvalue weighted by molar-refractivity contribution is -0.119. The normalized spacial score (nSPS) is 15.2. The summed E-state index contributed by atoms with van der Waals surface area (Å²) < 4.78 is 26.1. The van der Waals surface area contributed by atoms with Gasteiger partial charge in [0.1, 0.15) is 11.6 Å². The molecule has 0 saturated carbocycles. The van der Waals surface area contributed by atoms with E-state index < -0.39 is 11.8 Å². The fourth-order valence-electron chi connectivity index (χ4n) is 3.47. The lowest BCUT2D eigenvalue weighted by Gasteiger charge is -2.15. The number of hydrazine groups is 1. The van der Waals surface area contributed by atoms with Crippen molar-refractivity contribution in [2.24, 2.45) is 0 Å². The van der Waals surface area contributed by atoms with Gasteiger partial charge in [-0.1, -0.05) is 11.8 Å². The predicted octanol–water partition coefficient (Wildman–Crippen LogP) is 2.83. The molecular weight excluding hydrogens is 461 g/mol. The van der Waals surface area contributed by atoms with E-state index in [0.717, 1.165) is 18.4 Å². The van der Waals surface area contributed by atoms with Crippen LogP contribution in [0, 0.1) is 5.82 Å². The minimum Gasteiger partial charge on any atom is -0.497 e. The minimum atomic E-state index is -0.443. The van der Waals surface area contributed by atoms with Gasteiger partial charge in [0, 0.05) is 17.7 Å². The number of amides is 2. The van der Waals surface area contributed by atoms with Gasteiger partial charge in [0.15, 0.2) is 11.0 Å². The molecule has 2 heterocycles. The summed E-state index contributed by atoms with van der Waals surface area (Å²) in [5.74, 6) is 0.0333. The maximum absolute atomic E-state index is 13.4. The van der Waals surface area contributed by atoms with Crippen molar-refractivity contribution in [2.45, 2.75) is 30.6 Å². The molecule has 2 N–H and O–H groups in total. The van der Waals surface area contributed by atoms with Crippen LogP contribution in [0.25, 0.3) is 11.4 Å². The number of nitrogens with zero attached hydrogens (tertiary/aromatic N) is 3. The van der Waals surface area contributed by atoms with Crippen LogP contribution in [0.15, 0.2) is 53.7 Å². The van der Waals surface area contributed by atoms with Crippen LogP contribution in [0.5, 0.6) is 5.75 Å². The molecular formula is C23H24FN5O4S. The number of hydrogen-bond acceptors (Lipinski definition) is 7. The maximum atomic E-state index is 13.4. The number of carbonyl (C=O) groups is 2. The molecule has 1 aliphatic heterocycles. The van der Waals surface area contributed by atoms with Gasteiger partial charge in [-0.2, -0.15) is 0 Å². The molecule has 0 aliphatic carbocycles. The predicted molar refractivity (Wildman–Crippen MR) is 124 cm³/mol. The van der Waals surface area contributed by atoms with Gasteiger partial charge < -0.3 is 9.47 Å². The third-order valence-electron chi connectivity index (χ3n) is 5.23. The van der Waals surface area contributed by atoms with Crippen molar-refractivity contribution in [3.8, 4) is 17.1 Å². The number of carbonyl (C=O) groups excluding carboxylic acids is 2. The highest BCUT2D eigenvalue weighted by Crippen LogP contribution is 2.26. The van der Waals surface area contributed by atoms with E-state index in [0.29, 0.717) is 35.4 Å². The lowest BCUT2D eigenvalue weighted by Crippen LogP contribution is -2.42. The Morgan fingerprint density at radius 1 is 1.15 bits per heavy atom. The van der Waals surface area contributed by atoms with Crippen LogP contribution >= 0.6 is 11.8 Å². The van der Waals surface area contributed by atoms with E-state index in [9.17, 15) is 14.0 Å². The molecule has 34 heavy (non-hydrogen) atoms. The Kier molecular flexibility index (Phi) is 7.76. The summed E-state index contributed by atoms with van der Waals surface area (Å²) >= 11 is 1.19. The summed E-state index contributed by atoms with van der Waals surface area (Å²) in [7, 11) is 1.54. The fraction of sp³-hybridized carbons (Fsp3) is 0.304. The van der Waals surface area contributed by atoms with Crippen LogP contribution in [0.2, 0.25) is 0 Å². The number of aromatic nitrogens is 3. The Balaban J connectivity index is 1.38. The summed E-state index contributed by atoms with van der Waals surface area (Å²) in [4.78, 5) is 24.5. The monoisotopic (exact) mass is 485 g/mol. The molecule has 0 bridgehead atoms. The van der Waals surface area contributed by atoms with Crippen molar-refractivity contribution < 1.29 is 23.5 Å². The van der Waals surface area contributed by atoms with Crippen LogP contribution in [0.1, 0.15) is 23.2 Å². The third kappa shape index (κ3) is 5.91. The molecule has 1 saturated heterocycles. The van der Waals surface area contributed by atoms with E-state index in [1.54, 1.807) is 36.4 Å². The number of halogens is 1. The van der Waals surface area contributed by atoms with Crippen molar-refractivity contribution >= 4 is 23.6 Å². The maximum Gasteiger partial charge on any atom is 0.269 e. The van der Waals surface area contributed by atoms with E-state index in [1.165, 1.54) is 31.0 Å². The standard InChI is InChI=1S/C23H24FN5O4S/c1-32-18-10-6-16(7-11-18)22(31)27-25-20(30)14-34-23-28-26-21(15-4-8-17(24)9-5-15)29(23)13-19-3-2-12-33-19/h4-11,19H,2-3,12-14H2,1H3,(H,25,30)(H,27,31)/t19-/m0/s1. The molecule has 2 aromatic carbocycles. The lowest BCUT2D eigenvalue weighted by atomic mass is 10.2. The zero-order valence-electron chi connectivity index (χ0n) is 18.5. The van der Waals surface area contributed by atoms with Crippen LogP contribution in [-0.4, -0.2) is 52.2 Å². The van der Waals surface area contributed by atoms with Gasteiger partial charge in [0.25, 0.3) is 5.91 Å². The zero-order valence-corrected chi connectivity index (χ0v) is 19.3. The van der Waals surface area contributed by atoms with E-state index in [4.69, 9.17) is 9.47 Å². The van der Waals surface area contributed by atoms with Gasteiger partial charge >= 0.3 is 0 Å². The molecule has 1 fully saturated rings. The number of nitrogens with one attached hydrogen (secondary N) is 2. The molecule has 0 spiro atoms. The first-order valence-electron chi connectivity index (χ1n) is 10.7. The Morgan fingerprint density at radius 2 is 1.91 bits per heavy atom. The zero-order chi connectivity index (χ0) is 23.9. The summed E-state index contributed by atoms with van der Waals surface area (Å²) in [5.41, 5.74) is 5.89. The van der Waals surface area contributed by atoms with Crippen LogP contribution in [-0.2, 0) is 16.1 Å². The topological polar surface area (TPSA) is 107 Å². The first-order valence-corrected chi connectivity index (χ1v) is 11.7. The van der Waals surface area contributed by atoms with Gasteiger partial charge in [-0.25, -0.2) is 4.39 Å². The molecule has 178 valence electrons. The van der Waals surface area contributed by atoms with E-state index in [-0.39, 0.29) is 17.7 Å². The van der Waals surface area contributed by atoms with Crippen molar-refractivity contribution in [1.82, 2.24) is 25.6 Å². The number of thioether (sulfide) groups is 1. The summed E-state index contributed by atoms with van der Waals surface area (Å²) in [6, 6.07) is 12.5. The largest absolute Gasteiger partial charge is 0.497 e. The molecule has 2 amide bonds. The van der Waals surface area contributed by atoms with Gasteiger partial charge in [-0.3, -0.25) is 25.0 Å². The Labute approximate surface area is 200 Å². The van der Waals surface area contributed by atoms with Gasteiger partial charge in [-0.15, -0.1) is 10.2 Å². The molecule has 0 unspecified atom stereocenters. The first-order chi connectivity index (χ1) is 16.5. The third-order valence-corrected chi connectivity index (χ3v) is 6.20. The number of benzene rings is 2. The van der Waals surface area contributed by atoms with E-state index in [2.05, 4.69) is 21.0 Å². The van der Waals surface area contributed by atoms with Crippen molar-refractivity contribution in [3.05, 3.63) is 59.9 Å². The highest BCUT2D eigenvalue weighted by Gasteiger charge is 2.22. The second-order valence-electron chi connectivity index (χ2n) is 7.58. The van der Waals surface area contributed by atoms with Crippen LogP contribution in [0.3, 0.4) is 0 Å². The molecule has 1 aromatic heterocycles. The average Bonchev–Trinajstić information content (AvgIpc) is 3.52. The molecule has 1 aliphatic rings. The first kappa shape index (κ1) is 23.7. The van der Waals surface area contributed by atoms with E-state index >= 15 is 0 Å². The number of hydrogen-bond donors (Lipinski definition) is 2. The van der Waals surface area contributed by atoms with Gasteiger partial charge in [-0.05, 0) is 61.4 Å². The van der Waals surface area contributed by atoms with Crippen molar-refractivity contribution in [1.29, 1.82) is 0 Å². The molecule has 11 heteroatoms. The summed E-state index contributed by atoms with van der Waals surface area (Å²) in [5, 5.41) is 9.04. The Hall–Kier alpha value is -3.44. The van der Waals surface area contributed by atoms with Crippen LogP contribution in [0.4, 0.5) is 4.39 Å². The average molecular weight is 486 g/mol. The molecule has 9 nitrogen and oxygen atoms in total.